The monoisotopic (exact) mass is 742 g/mol. The van der Waals surface area contributed by atoms with Crippen molar-refractivity contribution < 1.29 is 0 Å². The third kappa shape index (κ3) is 5.41. The van der Waals surface area contributed by atoms with Crippen molar-refractivity contribution in [2.24, 2.45) is 0 Å². The van der Waals surface area contributed by atoms with Crippen LogP contribution in [0.5, 0.6) is 0 Å². The lowest BCUT2D eigenvalue weighted by atomic mass is 9.82. The van der Waals surface area contributed by atoms with Crippen molar-refractivity contribution in [3.63, 3.8) is 0 Å². The van der Waals surface area contributed by atoms with Crippen molar-refractivity contribution in [1.82, 2.24) is 19.5 Å². The van der Waals surface area contributed by atoms with Crippen LogP contribution in [0.2, 0.25) is 0 Å². The Bertz CT molecular complexity index is 3180. The molecule has 10 aromatic rings. The van der Waals surface area contributed by atoms with Gasteiger partial charge in [-0.25, -0.2) is 15.0 Å². The quantitative estimate of drug-likeness (QED) is 0.170. The van der Waals surface area contributed by atoms with Gasteiger partial charge >= 0.3 is 0 Å². The molecule has 0 saturated heterocycles. The first kappa shape index (κ1) is 33.9. The molecule has 0 amide bonds. The second-order valence-corrected chi connectivity index (χ2v) is 15.6. The normalized spacial score (nSPS) is 12.8. The third-order valence-corrected chi connectivity index (χ3v) is 11.9. The predicted molar refractivity (Wildman–Crippen MR) is 239 cm³/mol. The number of benzene rings is 8. The summed E-state index contributed by atoms with van der Waals surface area (Å²) in [7, 11) is 0. The summed E-state index contributed by atoms with van der Waals surface area (Å²) >= 11 is 0. The van der Waals surface area contributed by atoms with Gasteiger partial charge in [-0.15, -0.1) is 0 Å². The van der Waals surface area contributed by atoms with Gasteiger partial charge in [0.05, 0.1) is 16.7 Å². The number of nitrogens with zero attached hydrogens (tertiary/aromatic N) is 4. The maximum absolute atomic E-state index is 5.29. The van der Waals surface area contributed by atoms with Gasteiger partial charge in [-0.1, -0.05) is 184 Å². The number of para-hydroxylation sites is 1. The smallest absolute Gasteiger partial charge is 0.164 e. The highest BCUT2D eigenvalue weighted by Crippen LogP contribution is 2.49. The Hall–Kier alpha value is -7.43. The van der Waals surface area contributed by atoms with E-state index in [1.54, 1.807) is 0 Å². The summed E-state index contributed by atoms with van der Waals surface area (Å²) in [6.45, 7) is 4.62. The molecule has 2 aromatic heterocycles. The summed E-state index contributed by atoms with van der Waals surface area (Å²) in [6.07, 6.45) is 0. The summed E-state index contributed by atoms with van der Waals surface area (Å²) in [5, 5.41) is 2.43. The largest absolute Gasteiger partial charge is 0.309 e. The Morgan fingerprint density at radius 3 is 1.60 bits per heavy atom. The molecular weight excluding hydrogens is 705 g/mol. The van der Waals surface area contributed by atoms with E-state index in [9.17, 15) is 0 Å². The first-order valence-electron chi connectivity index (χ1n) is 19.9. The fourth-order valence-corrected chi connectivity index (χ4v) is 9.06. The molecule has 1 aliphatic rings. The molecule has 2 heterocycles. The Labute approximate surface area is 337 Å². The SMILES string of the molecule is CC1(C)c2ccccc2-c2cc(-c3nc(-c4ccccc4)nc(-c4ccc(-c5ccccc5)c(-n5c6ccccc6c6c(-c7ccccc7)cccc65)c4)n3)ccc21. The summed E-state index contributed by atoms with van der Waals surface area (Å²) in [4.78, 5) is 15.6. The van der Waals surface area contributed by atoms with E-state index >= 15 is 0 Å². The molecule has 0 fully saturated rings. The van der Waals surface area contributed by atoms with Gasteiger partial charge in [-0.2, -0.15) is 0 Å². The number of rotatable bonds is 6. The Morgan fingerprint density at radius 2 is 0.879 bits per heavy atom. The zero-order valence-electron chi connectivity index (χ0n) is 32.3. The van der Waals surface area contributed by atoms with Crippen LogP contribution in [0.4, 0.5) is 0 Å². The van der Waals surface area contributed by atoms with Crippen molar-refractivity contribution >= 4 is 21.8 Å². The number of hydrogen-bond donors (Lipinski definition) is 0. The van der Waals surface area contributed by atoms with Crippen molar-refractivity contribution in [3.05, 3.63) is 205 Å². The topological polar surface area (TPSA) is 43.6 Å². The number of fused-ring (bicyclic) bond motifs is 6. The molecule has 0 saturated carbocycles. The van der Waals surface area contributed by atoms with E-state index in [2.05, 4.69) is 194 Å². The fourth-order valence-electron chi connectivity index (χ4n) is 9.06. The van der Waals surface area contributed by atoms with E-state index in [0.29, 0.717) is 17.5 Å². The Balaban J connectivity index is 1.15. The number of aromatic nitrogens is 4. The summed E-state index contributed by atoms with van der Waals surface area (Å²) in [5.74, 6) is 1.91. The molecule has 4 nitrogen and oxygen atoms in total. The lowest BCUT2D eigenvalue weighted by Gasteiger charge is -2.21. The average molecular weight is 743 g/mol. The Kier molecular flexibility index (Phi) is 7.80. The first-order valence-corrected chi connectivity index (χ1v) is 19.9. The van der Waals surface area contributed by atoms with Crippen molar-refractivity contribution in [2.45, 2.75) is 19.3 Å². The van der Waals surface area contributed by atoms with Gasteiger partial charge in [0.2, 0.25) is 0 Å². The highest BCUT2D eigenvalue weighted by Gasteiger charge is 2.35. The third-order valence-electron chi connectivity index (χ3n) is 11.9. The van der Waals surface area contributed by atoms with Crippen LogP contribution >= 0.6 is 0 Å². The molecule has 0 N–H and O–H groups in total. The van der Waals surface area contributed by atoms with E-state index in [1.807, 2.05) is 18.2 Å². The lowest BCUT2D eigenvalue weighted by molar-refractivity contribution is 0.660. The maximum atomic E-state index is 5.29. The zero-order chi connectivity index (χ0) is 38.8. The molecule has 0 unspecified atom stereocenters. The van der Waals surface area contributed by atoms with E-state index in [-0.39, 0.29) is 5.41 Å². The van der Waals surface area contributed by atoms with Gasteiger partial charge in [0, 0.05) is 38.4 Å². The van der Waals surface area contributed by atoms with Gasteiger partial charge in [0.25, 0.3) is 0 Å². The van der Waals surface area contributed by atoms with E-state index in [1.165, 1.54) is 44.2 Å². The van der Waals surface area contributed by atoms with Gasteiger partial charge in [-0.05, 0) is 63.2 Å². The van der Waals surface area contributed by atoms with Crippen LogP contribution in [-0.2, 0) is 5.41 Å². The standard InChI is InChI=1S/C54H38N4/c1-54(2)45-26-14-12-23-42(45)44-33-38(30-32-46(44)54)52-55-51(37-21-10-5-11-22-37)56-53(57-52)39-29-31-40(35-17-6-3-7-18-35)49(34-39)58-47-27-15-13-24-43(47)50-41(25-16-28-48(50)58)36-19-8-4-9-20-36/h3-34H,1-2H3. The highest BCUT2D eigenvalue weighted by atomic mass is 15.0. The zero-order valence-corrected chi connectivity index (χ0v) is 32.3. The van der Waals surface area contributed by atoms with Crippen molar-refractivity contribution in [3.8, 4) is 73.2 Å². The Morgan fingerprint density at radius 1 is 0.362 bits per heavy atom. The molecule has 8 aromatic carbocycles. The maximum Gasteiger partial charge on any atom is 0.164 e. The summed E-state index contributed by atoms with van der Waals surface area (Å²) < 4.78 is 2.42. The molecule has 274 valence electrons. The van der Waals surface area contributed by atoms with Gasteiger partial charge in [-0.3, -0.25) is 0 Å². The van der Waals surface area contributed by atoms with Crippen LogP contribution in [0.1, 0.15) is 25.0 Å². The first-order chi connectivity index (χ1) is 28.5. The molecule has 0 bridgehead atoms. The van der Waals surface area contributed by atoms with E-state index < -0.39 is 0 Å². The summed E-state index contributed by atoms with van der Waals surface area (Å²) in [6, 6.07) is 69.0. The molecule has 0 aliphatic heterocycles. The predicted octanol–water partition coefficient (Wildman–Crippen LogP) is 13.6. The van der Waals surface area contributed by atoms with Crippen LogP contribution in [0.15, 0.2) is 194 Å². The minimum absolute atomic E-state index is 0.0878. The van der Waals surface area contributed by atoms with Crippen LogP contribution in [0.3, 0.4) is 0 Å². The molecule has 11 rings (SSSR count). The molecule has 58 heavy (non-hydrogen) atoms. The molecule has 0 radical (unpaired) electrons. The highest BCUT2D eigenvalue weighted by molar-refractivity contribution is 6.16. The van der Waals surface area contributed by atoms with Gasteiger partial charge < -0.3 is 4.57 Å². The second kappa shape index (κ2) is 13.4. The van der Waals surface area contributed by atoms with Gasteiger partial charge in [0.15, 0.2) is 17.5 Å². The fraction of sp³-hybridized carbons (Fsp3) is 0.0556. The van der Waals surface area contributed by atoms with Crippen LogP contribution in [0.25, 0.3) is 95.0 Å². The van der Waals surface area contributed by atoms with E-state index in [0.717, 1.165) is 44.5 Å². The van der Waals surface area contributed by atoms with E-state index in [4.69, 9.17) is 15.0 Å². The minimum Gasteiger partial charge on any atom is -0.309 e. The molecule has 0 atom stereocenters. The van der Waals surface area contributed by atoms with Crippen LogP contribution in [-0.4, -0.2) is 19.5 Å². The molecule has 4 heteroatoms. The van der Waals surface area contributed by atoms with Gasteiger partial charge in [0.1, 0.15) is 0 Å². The molecule has 0 spiro atoms. The summed E-state index contributed by atoms with van der Waals surface area (Å²) in [5.41, 5.74) is 15.9. The second-order valence-electron chi connectivity index (χ2n) is 15.6. The average Bonchev–Trinajstić information content (AvgIpc) is 3.75. The molecular formula is C54H38N4. The lowest BCUT2D eigenvalue weighted by Crippen LogP contribution is -2.14. The van der Waals surface area contributed by atoms with Crippen molar-refractivity contribution in [1.29, 1.82) is 0 Å². The van der Waals surface area contributed by atoms with Crippen molar-refractivity contribution in [2.75, 3.05) is 0 Å². The minimum atomic E-state index is -0.0878. The number of hydrogen-bond acceptors (Lipinski definition) is 3. The van der Waals surface area contributed by atoms with Crippen LogP contribution in [0, 0.1) is 0 Å². The molecule has 1 aliphatic carbocycles. The van der Waals surface area contributed by atoms with Crippen LogP contribution < -0.4 is 0 Å².